The highest BCUT2D eigenvalue weighted by Gasteiger charge is 2.23. The maximum Gasteiger partial charge on any atom is 0.218 e. The van der Waals surface area contributed by atoms with Gasteiger partial charge in [-0.1, -0.05) is 6.07 Å². The van der Waals surface area contributed by atoms with Crippen molar-refractivity contribution < 1.29 is 13.5 Å². The first-order chi connectivity index (χ1) is 9.06. The molecule has 1 heterocycles. The van der Waals surface area contributed by atoms with Crippen LogP contribution >= 0.6 is 15.9 Å². The third-order valence-corrected chi connectivity index (χ3v) is 3.33. The van der Waals surface area contributed by atoms with E-state index in [2.05, 4.69) is 20.9 Å². The molecule has 2 rings (SSSR count). The zero-order valence-corrected chi connectivity index (χ0v) is 11.6. The Morgan fingerprint density at radius 3 is 2.74 bits per heavy atom. The summed E-state index contributed by atoms with van der Waals surface area (Å²) < 4.78 is 33.0. The van der Waals surface area contributed by atoms with Crippen molar-refractivity contribution in [2.24, 2.45) is 5.73 Å². The third kappa shape index (κ3) is 2.59. The Morgan fingerprint density at radius 1 is 1.32 bits per heavy atom. The molecule has 0 radical (unpaired) electrons. The Labute approximate surface area is 117 Å². The van der Waals surface area contributed by atoms with Crippen LogP contribution < -0.4 is 10.5 Å². The van der Waals surface area contributed by atoms with Crippen LogP contribution in [0.15, 0.2) is 34.9 Å². The molecule has 0 amide bonds. The number of nitrogens with two attached hydrogens (primary N) is 1. The van der Waals surface area contributed by atoms with E-state index in [1.54, 1.807) is 12.1 Å². The minimum absolute atomic E-state index is 0.155. The first-order valence-corrected chi connectivity index (χ1v) is 6.23. The standard InChI is InChI=1S/C13H11BrF2N2O/c1-19-13-7(3-2-6-18-13)12(17)10-9(15)5-4-8(14)11(10)16/h2-6,12H,17H2,1H3. The van der Waals surface area contributed by atoms with E-state index in [-0.39, 0.29) is 15.9 Å². The first kappa shape index (κ1) is 13.9. The molecule has 0 saturated carbocycles. The summed E-state index contributed by atoms with van der Waals surface area (Å²) in [5, 5.41) is 0. The molecule has 0 aliphatic carbocycles. The summed E-state index contributed by atoms with van der Waals surface area (Å²) in [5.74, 6) is -1.19. The average Bonchev–Trinajstić information content (AvgIpc) is 2.43. The summed E-state index contributed by atoms with van der Waals surface area (Å²) in [6.07, 6.45) is 1.52. The molecule has 0 bridgehead atoms. The number of hydrogen-bond donors (Lipinski definition) is 1. The zero-order chi connectivity index (χ0) is 14.0. The number of nitrogens with zero attached hydrogens (tertiary/aromatic N) is 1. The normalized spacial score (nSPS) is 12.3. The highest BCUT2D eigenvalue weighted by Crippen LogP contribution is 2.32. The molecule has 1 aromatic heterocycles. The van der Waals surface area contributed by atoms with Gasteiger partial charge in [0, 0.05) is 17.3 Å². The quantitative estimate of drug-likeness (QED) is 0.880. The second kappa shape index (κ2) is 5.63. The van der Waals surface area contributed by atoms with Crippen molar-refractivity contribution in [3.63, 3.8) is 0 Å². The molecular weight excluding hydrogens is 318 g/mol. The van der Waals surface area contributed by atoms with E-state index in [1.807, 2.05) is 0 Å². The van der Waals surface area contributed by atoms with Crippen molar-refractivity contribution in [2.45, 2.75) is 6.04 Å². The van der Waals surface area contributed by atoms with Gasteiger partial charge in [-0.05, 0) is 34.1 Å². The molecule has 0 fully saturated rings. The highest BCUT2D eigenvalue weighted by atomic mass is 79.9. The lowest BCUT2D eigenvalue weighted by molar-refractivity contribution is 0.389. The molecule has 19 heavy (non-hydrogen) atoms. The van der Waals surface area contributed by atoms with Crippen LogP contribution in [0.2, 0.25) is 0 Å². The molecule has 0 aliphatic rings. The van der Waals surface area contributed by atoms with Crippen molar-refractivity contribution in [2.75, 3.05) is 7.11 Å². The predicted octanol–water partition coefficient (Wildman–Crippen LogP) is 3.18. The maximum absolute atomic E-state index is 14.0. The lowest BCUT2D eigenvalue weighted by Gasteiger charge is -2.17. The van der Waals surface area contributed by atoms with Gasteiger partial charge in [0.15, 0.2) is 0 Å². The fraction of sp³-hybridized carbons (Fsp3) is 0.154. The number of methoxy groups -OCH3 is 1. The van der Waals surface area contributed by atoms with Crippen LogP contribution in [0, 0.1) is 11.6 Å². The Morgan fingerprint density at radius 2 is 2.05 bits per heavy atom. The molecule has 2 aromatic rings. The van der Waals surface area contributed by atoms with E-state index in [0.29, 0.717) is 5.56 Å². The Bertz CT molecular complexity index is 607. The Hall–Kier alpha value is -1.53. The minimum atomic E-state index is -0.999. The van der Waals surface area contributed by atoms with E-state index >= 15 is 0 Å². The van der Waals surface area contributed by atoms with Crippen molar-refractivity contribution in [3.8, 4) is 5.88 Å². The number of halogens is 3. The molecule has 1 atom stereocenters. The van der Waals surface area contributed by atoms with Crippen molar-refractivity contribution in [1.29, 1.82) is 0 Å². The van der Waals surface area contributed by atoms with Gasteiger partial charge in [-0.2, -0.15) is 0 Å². The second-order valence-electron chi connectivity index (χ2n) is 3.84. The summed E-state index contributed by atoms with van der Waals surface area (Å²) in [4.78, 5) is 3.97. The monoisotopic (exact) mass is 328 g/mol. The molecule has 0 spiro atoms. The van der Waals surface area contributed by atoms with Gasteiger partial charge in [-0.25, -0.2) is 13.8 Å². The molecule has 0 saturated heterocycles. The smallest absolute Gasteiger partial charge is 0.218 e. The van der Waals surface area contributed by atoms with Crippen molar-refractivity contribution in [3.05, 3.63) is 57.7 Å². The SMILES string of the molecule is COc1ncccc1C(N)c1c(F)ccc(Br)c1F. The number of pyridine rings is 1. The number of benzene rings is 1. The maximum atomic E-state index is 14.0. The molecule has 3 nitrogen and oxygen atoms in total. The van der Waals surface area contributed by atoms with Gasteiger partial charge >= 0.3 is 0 Å². The molecule has 0 aliphatic heterocycles. The summed E-state index contributed by atoms with van der Waals surface area (Å²) in [7, 11) is 1.42. The fourth-order valence-corrected chi connectivity index (χ4v) is 2.14. The van der Waals surface area contributed by atoms with Crippen LogP contribution in [-0.4, -0.2) is 12.1 Å². The highest BCUT2D eigenvalue weighted by molar-refractivity contribution is 9.10. The topological polar surface area (TPSA) is 48.1 Å². The molecule has 1 unspecified atom stereocenters. The number of rotatable bonds is 3. The Kier molecular flexibility index (Phi) is 4.11. The van der Waals surface area contributed by atoms with Crippen molar-refractivity contribution >= 4 is 15.9 Å². The minimum Gasteiger partial charge on any atom is -0.481 e. The van der Waals surface area contributed by atoms with Crippen LogP contribution in [-0.2, 0) is 0 Å². The molecular formula is C13H11BrF2N2O. The molecule has 100 valence electrons. The van der Waals surface area contributed by atoms with Crippen LogP contribution in [0.4, 0.5) is 8.78 Å². The van der Waals surface area contributed by atoms with Crippen LogP contribution in [0.5, 0.6) is 5.88 Å². The average molecular weight is 329 g/mol. The molecule has 1 aromatic carbocycles. The van der Waals surface area contributed by atoms with Gasteiger partial charge in [0.25, 0.3) is 0 Å². The summed E-state index contributed by atoms with van der Waals surface area (Å²) in [5.41, 5.74) is 6.14. The van der Waals surface area contributed by atoms with Crippen molar-refractivity contribution in [1.82, 2.24) is 4.98 Å². The zero-order valence-electron chi connectivity index (χ0n) is 10.0. The lowest BCUT2D eigenvalue weighted by atomic mass is 9.99. The molecule has 2 N–H and O–H groups in total. The van der Waals surface area contributed by atoms with E-state index in [9.17, 15) is 8.78 Å². The van der Waals surface area contributed by atoms with Gasteiger partial charge in [0.05, 0.1) is 17.6 Å². The van der Waals surface area contributed by atoms with E-state index in [1.165, 1.54) is 19.4 Å². The van der Waals surface area contributed by atoms with Gasteiger partial charge in [0.2, 0.25) is 5.88 Å². The summed E-state index contributed by atoms with van der Waals surface area (Å²) in [6, 6.07) is 4.70. The summed E-state index contributed by atoms with van der Waals surface area (Å²) >= 11 is 3.01. The summed E-state index contributed by atoms with van der Waals surface area (Å²) in [6.45, 7) is 0. The van der Waals surface area contributed by atoms with E-state index in [4.69, 9.17) is 10.5 Å². The fourth-order valence-electron chi connectivity index (χ4n) is 1.79. The second-order valence-corrected chi connectivity index (χ2v) is 4.69. The van der Waals surface area contributed by atoms with Gasteiger partial charge in [-0.3, -0.25) is 0 Å². The van der Waals surface area contributed by atoms with Crippen LogP contribution in [0.25, 0.3) is 0 Å². The van der Waals surface area contributed by atoms with Crippen LogP contribution in [0.3, 0.4) is 0 Å². The van der Waals surface area contributed by atoms with E-state index in [0.717, 1.165) is 6.07 Å². The largest absolute Gasteiger partial charge is 0.481 e. The first-order valence-electron chi connectivity index (χ1n) is 5.44. The van der Waals surface area contributed by atoms with Crippen LogP contribution in [0.1, 0.15) is 17.2 Å². The number of aromatic nitrogens is 1. The third-order valence-electron chi connectivity index (χ3n) is 2.72. The Balaban J connectivity index is 2.56. The van der Waals surface area contributed by atoms with Gasteiger partial charge in [0.1, 0.15) is 11.6 Å². The lowest BCUT2D eigenvalue weighted by Crippen LogP contribution is -2.17. The van der Waals surface area contributed by atoms with E-state index < -0.39 is 17.7 Å². The number of hydrogen-bond acceptors (Lipinski definition) is 3. The number of ether oxygens (including phenoxy) is 1. The molecule has 6 heteroatoms. The van der Waals surface area contributed by atoms with Gasteiger partial charge < -0.3 is 10.5 Å². The van der Waals surface area contributed by atoms with Gasteiger partial charge in [-0.15, -0.1) is 0 Å². The predicted molar refractivity (Wildman–Crippen MR) is 70.9 cm³/mol.